The first-order valence-corrected chi connectivity index (χ1v) is 8.58. The molecule has 0 atom stereocenters. The number of fused-ring (bicyclic) bond motifs is 1. The van der Waals surface area contributed by atoms with Crippen molar-refractivity contribution in [3.63, 3.8) is 0 Å². The van der Waals surface area contributed by atoms with Crippen LogP contribution in [0.5, 0.6) is 5.75 Å². The number of hydrogen-bond donors (Lipinski definition) is 1. The van der Waals surface area contributed by atoms with Crippen molar-refractivity contribution in [1.29, 1.82) is 0 Å². The van der Waals surface area contributed by atoms with Gasteiger partial charge in [-0.3, -0.25) is 14.5 Å². The Labute approximate surface area is 156 Å². The standard InChI is InChI=1S/C20H18N4O3/c25-19(13-23-17-4-1-2-5-18(17)27-14-20(23)26)21-12-15-6-8-16(9-7-15)24-11-3-10-22-24/h1-11H,12-14H2,(H,21,25). The number of benzene rings is 2. The number of amides is 2. The summed E-state index contributed by atoms with van der Waals surface area (Å²) in [5.41, 5.74) is 2.53. The third-order valence-electron chi connectivity index (χ3n) is 4.30. The van der Waals surface area contributed by atoms with Crippen LogP contribution >= 0.6 is 0 Å². The van der Waals surface area contributed by atoms with Gasteiger partial charge in [0.05, 0.1) is 11.4 Å². The highest BCUT2D eigenvalue weighted by atomic mass is 16.5. The summed E-state index contributed by atoms with van der Waals surface area (Å²) in [6, 6.07) is 16.8. The monoisotopic (exact) mass is 362 g/mol. The van der Waals surface area contributed by atoms with Gasteiger partial charge < -0.3 is 10.1 Å². The van der Waals surface area contributed by atoms with Crippen LogP contribution in [0.1, 0.15) is 5.56 Å². The predicted octanol–water partition coefficient (Wildman–Crippen LogP) is 1.91. The summed E-state index contributed by atoms with van der Waals surface area (Å²) in [4.78, 5) is 25.9. The Hall–Kier alpha value is -3.61. The number of aromatic nitrogens is 2. The summed E-state index contributed by atoms with van der Waals surface area (Å²) in [6.07, 6.45) is 3.59. The SMILES string of the molecule is O=C(CN1C(=O)COc2ccccc21)NCc1ccc(-n2cccn2)cc1. The molecule has 2 heterocycles. The smallest absolute Gasteiger partial charge is 0.265 e. The summed E-state index contributed by atoms with van der Waals surface area (Å²) in [5.74, 6) is 0.155. The normalized spacial score (nSPS) is 13.0. The zero-order valence-corrected chi connectivity index (χ0v) is 14.5. The van der Waals surface area contributed by atoms with Gasteiger partial charge in [0.1, 0.15) is 12.3 Å². The number of anilines is 1. The van der Waals surface area contributed by atoms with E-state index in [1.807, 2.05) is 48.7 Å². The van der Waals surface area contributed by atoms with Gasteiger partial charge in [-0.1, -0.05) is 24.3 Å². The first-order valence-electron chi connectivity index (χ1n) is 8.58. The highest BCUT2D eigenvalue weighted by Crippen LogP contribution is 2.31. The van der Waals surface area contributed by atoms with Crippen molar-refractivity contribution in [3.8, 4) is 11.4 Å². The largest absolute Gasteiger partial charge is 0.482 e. The number of carbonyl (C=O) groups excluding carboxylic acids is 2. The van der Waals surface area contributed by atoms with Gasteiger partial charge in [-0.05, 0) is 35.9 Å². The van der Waals surface area contributed by atoms with Crippen molar-refractivity contribution < 1.29 is 14.3 Å². The fraction of sp³-hybridized carbons (Fsp3) is 0.150. The second-order valence-electron chi connectivity index (χ2n) is 6.13. The van der Waals surface area contributed by atoms with Gasteiger partial charge >= 0.3 is 0 Å². The average molecular weight is 362 g/mol. The molecule has 0 saturated heterocycles. The lowest BCUT2D eigenvalue weighted by Crippen LogP contribution is -2.45. The molecule has 0 radical (unpaired) electrons. The lowest BCUT2D eigenvalue weighted by molar-refractivity contribution is -0.125. The summed E-state index contributed by atoms with van der Waals surface area (Å²) in [7, 11) is 0. The molecule has 27 heavy (non-hydrogen) atoms. The molecule has 0 saturated carbocycles. The van der Waals surface area contributed by atoms with E-state index in [0.717, 1.165) is 11.3 Å². The number of nitrogens with one attached hydrogen (secondary N) is 1. The molecule has 2 aromatic carbocycles. The van der Waals surface area contributed by atoms with Gasteiger partial charge in [-0.25, -0.2) is 4.68 Å². The van der Waals surface area contributed by atoms with E-state index in [1.165, 1.54) is 4.90 Å². The summed E-state index contributed by atoms with van der Waals surface area (Å²) >= 11 is 0. The Morgan fingerprint density at radius 2 is 1.93 bits per heavy atom. The van der Waals surface area contributed by atoms with Crippen molar-refractivity contribution in [1.82, 2.24) is 15.1 Å². The van der Waals surface area contributed by atoms with Crippen LogP contribution in [0, 0.1) is 0 Å². The van der Waals surface area contributed by atoms with Crippen molar-refractivity contribution in [2.75, 3.05) is 18.1 Å². The minimum atomic E-state index is -0.229. The molecule has 1 aromatic heterocycles. The molecule has 0 spiro atoms. The van der Waals surface area contributed by atoms with Crippen molar-refractivity contribution >= 4 is 17.5 Å². The number of carbonyl (C=O) groups is 2. The molecule has 7 nitrogen and oxygen atoms in total. The van der Waals surface area contributed by atoms with Crippen LogP contribution < -0.4 is 15.0 Å². The Morgan fingerprint density at radius 3 is 2.70 bits per heavy atom. The van der Waals surface area contributed by atoms with Crippen LogP contribution in [-0.2, 0) is 16.1 Å². The van der Waals surface area contributed by atoms with Crippen molar-refractivity contribution in [2.24, 2.45) is 0 Å². The van der Waals surface area contributed by atoms with Crippen LogP contribution in [0.4, 0.5) is 5.69 Å². The highest BCUT2D eigenvalue weighted by Gasteiger charge is 2.26. The van der Waals surface area contributed by atoms with Gasteiger partial charge in [0.15, 0.2) is 6.61 Å². The molecule has 0 unspecified atom stereocenters. The third kappa shape index (κ3) is 3.67. The van der Waals surface area contributed by atoms with Gasteiger partial charge in [0.2, 0.25) is 5.91 Å². The second-order valence-corrected chi connectivity index (χ2v) is 6.13. The lowest BCUT2D eigenvalue weighted by Gasteiger charge is -2.28. The topological polar surface area (TPSA) is 76.5 Å². The number of ether oxygens (including phenoxy) is 1. The van der Waals surface area contributed by atoms with Crippen molar-refractivity contribution in [2.45, 2.75) is 6.54 Å². The zero-order valence-electron chi connectivity index (χ0n) is 14.5. The van der Waals surface area contributed by atoms with E-state index in [2.05, 4.69) is 10.4 Å². The van der Waals surface area contributed by atoms with E-state index >= 15 is 0 Å². The first-order chi connectivity index (χ1) is 13.2. The van der Waals surface area contributed by atoms with Gasteiger partial charge in [-0.2, -0.15) is 5.10 Å². The second kappa shape index (κ2) is 7.33. The Morgan fingerprint density at radius 1 is 1.11 bits per heavy atom. The van der Waals surface area contributed by atoms with Crippen molar-refractivity contribution in [3.05, 3.63) is 72.6 Å². The van der Waals surface area contributed by atoms with E-state index in [1.54, 1.807) is 23.0 Å². The minimum absolute atomic E-state index is 0.0371. The Balaban J connectivity index is 1.37. The molecule has 1 N–H and O–H groups in total. The molecular weight excluding hydrogens is 344 g/mol. The highest BCUT2D eigenvalue weighted by molar-refractivity contribution is 6.02. The molecule has 3 aromatic rings. The predicted molar refractivity (Wildman–Crippen MR) is 99.7 cm³/mol. The van der Waals surface area contributed by atoms with Gasteiger partial charge in [-0.15, -0.1) is 0 Å². The average Bonchev–Trinajstić information content (AvgIpc) is 3.24. The quantitative estimate of drug-likeness (QED) is 0.752. The third-order valence-corrected chi connectivity index (χ3v) is 4.30. The maximum atomic E-state index is 12.3. The maximum absolute atomic E-state index is 12.3. The number of nitrogens with zero attached hydrogens (tertiary/aromatic N) is 3. The van der Waals surface area contributed by atoms with E-state index in [4.69, 9.17) is 4.74 Å². The van der Waals surface area contributed by atoms with Gasteiger partial charge in [0.25, 0.3) is 5.91 Å². The zero-order chi connectivity index (χ0) is 18.6. The number of para-hydroxylation sites is 2. The summed E-state index contributed by atoms with van der Waals surface area (Å²) in [6.45, 7) is 0.294. The van der Waals surface area contributed by atoms with E-state index < -0.39 is 0 Å². The molecular formula is C20H18N4O3. The fourth-order valence-corrected chi connectivity index (χ4v) is 2.92. The summed E-state index contributed by atoms with van der Waals surface area (Å²) in [5, 5.41) is 7.04. The molecule has 1 aliphatic rings. The van der Waals surface area contributed by atoms with Crippen LogP contribution in [0.2, 0.25) is 0 Å². The van der Waals surface area contributed by atoms with E-state index in [-0.39, 0.29) is 25.0 Å². The van der Waals surface area contributed by atoms with Crippen LogP contribution in [0.25, 0.3) is 5.69 Å². The maximum Gasteiger partial charge on any atom is 0.265 e. The molecule has 1 aliphatic heterocycles. The van der Waals surface area contributed by atoms with Gasteiger partial charge in [0, 0.05) is 18.9 Å². The first kappa shape index (κ1) is 16.8. The number of hydrogen-bond acceptors (Lipinski definition) is 4. The van der Waals surface area contributed by atoms with E-state index in [0.29, 0.717) is 18.0 Å². The molecule has 0 aliphatic carbocycles. The fourth-order valence-electron chi connectivity index (χ4n) is 2.92. The molecule has 2 amide bonds. The molecule has 0 bridgehead atoms. The molecule has 0 fully saturated rings. The van der Waals surface area contributed by atoms with Crippen LogP contribution in [-0.4, -0.2) is 34.7 Å². The lowest BCUT2D eigenvalue weighted by atomic mass is 10.2. The Kier molecular flexibility index (Phi) is 4.57. The van der Waals surface area contributed by atoms with Crippen LogP contribution in [0.15, 0.2) is 67.0 Å². The molecule has 7 heteroatoms. The number of rotatable bonds is 5. The molecule has 136 valence electrons. The Bertz CT molecular complexity index is 952. The summed E-state index contributed by atoms with van der Waals surface area (Å²) < 4.78 is 7.16. The molecule has 4 rings (SSSR count). The van der Waals surface area contributed by atoms with Crippen LogP contribution in [0.3, 0.4) is 0 Å². The minimum Gasteiger partial charge on any atom is -0.482 e. The van der Waals surface area contributed by atoms with E-state index in [9.17, 15) is 9.59 Å².